The molecule has 1 aliphatic rings. The molecule has 4 rings (SSSR count). The number of benzene rings is 1. The maximum Gasteiger partial charge on any atom is 0.246 e. The van der Waals surface area contributed by atoms with Gasteiger partial charge in [0.05, 0.1) is 40.5 Å². The highest BCUT2D eigenvalue weighted by Crippen LogP contribution is 2.34. The van der Waals surface area contributed by atoms with E-state index < -0.39 is 0 Å². The molecule has 7 nitrogen and oxygen atoms in total. The molecule has 3 heterocycles. The molecule has 0 spiro atoms. The zero-order valence-electron chi connectivity index (χ0n) is 14.6. The van der Waals surface area contributed by atoms with Gasteiger partial charge in [0.25, 0.3) is 0 Å². The standard InChI is InChI=1S/C19H15Cl2N5O2/c1-2-17(27)26-8-11(9-26)28-16-6-12-15(7-22-16)23-10-24-19(12)25-18-13(20)4-3-5-14(18)21/h2-7,10-11H,1,8-9H2,(H,23,24,25). The van der Waals surface area contributed by atoms with Gasteiger partial charge in [-0.1, -0.05) is 35.8 Å². The Bertz CT molecular complexity index is 1050. The molecule has 1 aromatic carbocycles. The Morgan fingerprint density at radius 1 is 1.25 bits per heavy atom. The molecule has 0 aliphatic carbocycles. The Morgan fingerprint density at radius 3 is 2.71 bits per heavy atom. The van der Waals surface area contributed by atoms with Crippen LogP contribution in [0.5, 0.6) is 5.88 Å². The molecule has 1 N–H and O–H groups in total. The normalized spacial score (nSPS) is 13.9. The fourth-order valence-corrected chi connectivity index (χ4v) is 3.32. The number of para-hydroxylation sites is 1. The average Bonchev–Trinajstić information content (AvgIpc) is 2.67. The summed E-state index contributed by atoms with van der Waals surface area (Å²) in [5.41, 5.74) is 1.20. The van der Waals surface area contributed by atoms with Gasteiger partial charge in [0.1, 0.15) is 18.2 Å². The van der Waals surface area contributed by atoms with Gasteiger partial charge in [0.2, 0.25) is 11.8 Å². The highest BCUT2D eigenvalue weighted by Gasteiger charge is 2.31. The Labute approximate surface area is 171 Å². The van der Waals surface area contributed by atoms with Crippen molar-refractivity contribution in [2.75, 3.05) is 18.4 Å². The second kappa shape index (κ2) is 7.61. The molecule has 9 heteroatoms. The summed E-state index contributed by atoms with van der Waals surface area (Å²) in [7, 11) is 0. The number of nitrogens with zero attached hydrogens (tertiary/aromatic N) is 4. The van der Waals surface area contributed by atoms with Crippen LogP contribution in [0.3, 0.4) is 0 Å². The molecule has 0 unspecified atom stereocenters. The maximum absolute atomic E-state index is 11.5. The lowest BCUT2D eigenvalue weighted by Gasteiger charge is -2.37. The number of fused-ring (bicyclic) bond motifs is 1. The summed E-state index contributed by atoms with van der Waals surface area (Å²) in [6, 6.07) is 6.99. The number of aromatic nitrogens is 3. The van der Waals surface area contributed by atoms with Gasteiger partial charge < -0.3 is 15.0 Å². The molecule has 28 heavy (non-hydrogen) atoms. The van der Waals surface area contributed by atoms with E-state index in [9.17, 15) is 4.79 Å². The van der Waals surface area contributed by atoms with Gasteiger partial charge in [0.15, 0.2) is 0 Å². The first kappa shape index (κ1) is 18.5. The minimum Gasteiger partial charge on any atom is -0.471 e. The van der Waals surface area contributed by atoms with E-state index in [-0.39, 0.29) is 12.0 Å². The van der Waals surface area contributed by atoms with Gasteiger partial charge in [-0.2, -0.15) is 0 Å². The van der Waals surface area contributed by atoms with Crippen LogP contribution in [0.25, 0.3) is 10.9 Å². The van der Waals surface area contributed by atoms with Crippen LogP contribution in [-0.2, 0) is 4.79 Å². The predicted octanol–water partition coefficient (Wildman–Crippen LogP) is 3.85. The van der Waals surface area contributed by atoms with E-state index in [1.54, 1.807) is 35.4 Å². The van der Waals surface area contributed by atoms with E-state index in [0.717, 1.165) is 0 Å². The summed E-state index contributed by atoms with van der Waals surface area (Å²) < 4.78 is 5.86. The van der Waals surface area contributed by atoms with Crippen molar-refractivity contribution in [2.45, 2.75) is 6.10 Å². The minimum atomic E-state index is -0.118. The monoisotopic (exact) mass is 415 g/mol. The lowest BCUT2D eigenvalue weighted by atomic mass is 10.1. The molecule has 0 saturated carbocycles. The van der Waals surface area contributed by atoms with E-state index in [1.165, 1.54) is 12.4 Å². The largest absolute Gasteiger partial charge is 0.471 e. The number of nitrogens with one attached hydrogen (secondary N) is 1. The summed E-state index contributed by atoms with van der Waals surface area (Å²) in [6.07, 6.45) is 4.21. The van der Waals surface area contributed by atoms with Gasteiger partial charge in [-0.25, -0.2) is 15.0 Å². The molecule has 1 saturated heterocycles. The number of rotatable bonds is 5. The first-order valence-electron chi connectivity index (χ1n) is 8.45. The SMILES string of the molecule is C=CC(=O)N1CC(Oc2cc3c(Nc4c(Cl)cccc4Cl)ncnc3cn2)C1. The summed E-state index contributed by atoms with van der Waals surface area (Å²) in [6.45, 7) is 4.47. The van der Waals surface area contributed by atoms with Crippen LogP contribution < -0.4 is 10.1 Å². The van der Waals surface area contributed by atoms with Crippen molar-refractivity contribution in [1.82, 2.24) is 19.9 Å². The van der Waals surface area contributed by atoms with Crippen molar-refractivity contribution < 1.29 is 9.53 Å². The number of hydrogen-bond donors (Lipinski definition) is 1. The number of ether oxygens (including phenoxy) is 1. The van der Waals surface area contributed by atoms with Crippen LogP contribution >= 0.6 is 23.2 Å². The third kappa shape index (κ3) is 3.58. The second-order valence-electron chi connectivity index (χ2n) is 6.17. The van der Waals surface area contributed by atoms with Crippen LogP contribution in [0.15, 0.2) is 49.4 Å². The van der Waals surface area contributed by atoms with E-state index in [2.05, 4.69) is 26.8 Å². The Balaban J connectivity index is 1.58. The van der Waals surface area contributed by atoms with Crippen molar-refractivity contribution in [3.63, 3.8) is 0 Å². The summed E-state index contributed by atoms with van der Waals surface area (Å²) >= 11 is 12.5. The third-order valence-corrected chi connectivity index (χ3v) is 4.95. The van der Waals surface area contributed by atoms with Crippen molar-refractivity contribution in [3.05, 3.63) is 59.5 Å². The van der Waals surface area contributed by atoms with Crippen LogP contribution in [0.1, 0.15) is 0 Å². The number of pyridine rings is 1. The second-order valence-corrected chi connectivity index (χ2v) is 6.99. The number of likely N-dealkylation sites (tertiary alicyclic amines) is 1. The molecule has 3 aromatic rings. The fourth-order valence-electron chi connectivity index (χ4n) is 2.83. The van der Waals surface area contributed by atoms with Gasteiger partial charge >= 0.3 is 0 Å². The van der Waals surface area contributed by atoms with E-state index >= 15 is 0 Å². The van der Waals surface area contributed by atoms with Crippen LogP contribution in [0.2, 0.25) is 10.0 Å². The molecule has 0 bridgehead atoms. The topological polar surface area (TPSA) is 80.2 Å². The number of halogens is 2. The molecular formula is C19H15Cl2N5O2. The zero-order valence-corrected chi connectivity index (χ0v) is 16.1. The molecular weight excluding hydrogens is 401 g/mol. The maximum atomic E-state index is 11.5. The van der Waals surface area contributed by atoms with E-state index in [0.29, 0.717) is 51.4 Å². The van der Waals surface area contributed by atoms with Crippen LogP contribution in [0.4, 0.5) is 11.5 Å². The Morgan fingerprint density at radius 2 is 2.00 bits per heavy atom. The fraction of sp³-hybridized carbons (Fsp3) is 0.158. The molecule has 1 aliphatic heterocycles. The molecule has 1 fully saturated rings. The summed E-state index contributed by atoms with van der Waals surface area (Å²) in [4.78, 5) is 26.0. The quantitative estimate of drug-likeness (QED) is 0.637. The summed E-state index contributed by atoms with van der Waals surface area (Å²) in [5.74, 6) is 0.846. The highest BCUT2D eigenvalue weighted by atomic mass is 35.5. The zero-order chi connectivity index (χ0) is 19.7. The molecule has 2 aromatic heterocycles. The van der Waals surface area contributed by atoms with Crippen molar-refractivity contribution in [1.29, 1.82) is 0 Å². The average molecular weight is 416 g/mol. The van der Waals surface area contributed by atoms with Crippen molar-refractivity contribution in [2.24, 2.45) is 0 Å². The number of hydrogen-bond acceptors (Lipinski definition) is 6. The first-order chi connectivity index (χ1) is 13.5. The lowest BCUT2D eigenvalue weighted by Crippen LogP contribution is -2.55. The Hall–Kier alpha value is -2.90. The first-order valence-corrected chi connectivity index (χ1v) is 9.20. The summed E-state index contributed by atoms with van der Waals surface area (Å²) in [5, 5.41) is 4.83. The number of carbonyl (C=O) groups excluding carboxylic acids is 1. The smallest absolute Gasteiger partial charge is 0.246 e. The van der Waals surface area contributed by atoms with Crippen molar-refractivity contribution >= 4 is 51.5 Å². The van der Waals surface area contributed by atoms with Crippen LogP contribution in [0, 0.1) is 0 Å². The van der Waals surface area contributed by atoms with Gasteiger partial charge in [-0.05, 0) is 18.2 Å². The highest BCUT2D eigenvalue weighted by molar-refractivity contribution is 6.39. The number of anilines is 2. The van der Waals surface area contributed by atoms with Gasteiger partial charge in [-0.3, -0.25) is 4.79 Å². The van der Waals surface area contributed by atoms with Crippen LogP contribution in [-0.4, -0.2) is 45.0 Å². The molecule has 1 amide bonds. The van der Waals surface area contributed by atoms with Gasteiger partial charge in [-0.15, -0.1) is 0 Å². The minimum absolute atomic E-state index is 0.108. The molecule has 0 radical (unpaired) electrons. The molecule has 142 valence electrons. The predicted molar refractivity (Wildman–Crippen MR) is 108 cm³/mol. The van der Waals surface area contributed by atoms with E-state index in [1.807, 2.05) is 0 Å². The number of amides is 1. The number of carbonyl (C=O) groups is 1. The molecule has 0 atom stereocenters. The Kier molecular flexibility index (Phi) is 5.02. The van der Waals surface area contributed by atoms with Crippen molar-refractivity contribution in [3.8, 4) is 5.88 Å². The van der Waals surface area contributed by atoms with Gasteiger partial charge in [0, 0.05) is 11.5 Å². The van der Waals surface area contributed by atoms with E-state index in [4.69, 9.17) is 27.9 Å². The third-order valence-electron chi connectivity index (χ3n) is 4.32. The lowest BCUT2D eigenvalue weighted by molar-refractivity contribution is -0.134.